The van der Waals surface area contributed by atoms with E-state index in [1.807, 2.05) is 50.6 Å². The molecule has 0 saturated heterocycles. The molecule has 108 valence electrons. The summed E-state index contributed by atoms with van der Waals surface area (Å²) in [6, 6.07) is 5.72. The molecule has 1 aromatic heterocycles. The van der Waals surface area contributed by atoms with Crippen molar-refractivity contribution >= 4 is 22.6 Å². The molecule has 2 aromatic rings. The highest BCUT2D eigenvalue weighted by atomic mass is 16.5. The monoisotopic (exact) mass is 275 g/mol. The van der Waals surface area contributed by atoms with Crippen molar-refractivity contribution in [1.82, 2.24) is 9.55 Å². The summed E-state index contributed by atoms with van der Waals surface area (Å²) in [6.45, 7) is 6.02. The number of hydrogen-bond acceptors (Lipinski definition) is 3. The third-order valence-electron chi connectivity index (χ3n) is 3.46. The van der Waals surface area contributed by atoms with Gasteiger partial charge in [0.2, 0.25) is 5.91 Å². The van der Waals surface area contributed by atoms with Crippen molar-refractivity contribution in [3.05, 3.63) is 24.0 Å². The number of nitrogens with zero attached hydrogens (tertiary/aromatic N) is 2. The lowest BCUT2D eigenvalue weighted by atomic mass is 10.2. The average molecular weight is 275 g/mol. The van der Waals surface area contributed by atoms with Crippen LogP contribution in [-0.4, -0.2) is 28.2 Å². The predicted octanol–water partition coefficient (Wildman–Crippen LogP) is 2.64. The molecule has 1 aromatic carbocycles. The lowest BCUT2D eigenvalue weighted by molar-refractivity contribution is -0.122. The third kappa shape index (κ3) is 3.17. The van der Waals surface area contributed by atoms with Crippen molar-refractivity contribution in [2.24, 2.45) is 7.05 Å². The van der Waals surface area contributed by atoms with Gasteiger partial charge in [-0.3, -0.25) is 4.79 Å². The molecule has 5 nitrogen and oxygen atoms in total. The number of ether oxygens (including phenoxy) is 1. The zero-order valence-corrected chi connectivity index (χ0v) is 12.4. The lowest BCUT2D eigenvalue weighted by Gasteiger charge is -2.10. The molecule has 0 aliphatic carbocycles. The number of carbonyl (C=O) groups is 1. The van der Waals surface area contributed by atoms with Gasteiger partial charge in [-0.2, -0.15) is 0 Å². The van der Waals surface area contributed by atoms with Crippen molar-refractivity contribution in [1.29, 1.82) is 0 Å². The Kier molecular flexibility index (Phi) is 4.39. The first-order valence-corrected chi connectivity index (χ1v) is 6.85. The van der Waals surface area contributed by atoms with Crippen LogP contribution in [-0.2, 0) is 16.6 Å². The Morgan fingerprint density at radius 1 is 1.50 bits per heavy atom. The standard InChI is InChI=1S/C15H21N3O2/c1-5-10(2)20-9-15(19)17-12-6-7-14-13(8-12)16-11(3)18(14)4/h6-8,10H,5,9H2,1-4H3,(H,17,19). The highest BCUT2D eigenvalue weighted by molar-refractivity contribution is 5.93. The van der Waals surface area contributed by atoms with Gasteiger partial charge in [-0.05, 0) is 38.5 Å². The molecule has 0 aliphatic rings. The summed E-state index contributed by atoms with van der Waals surface area (Å²) in [7, 11) is 1.98. The maximum atomic E-state index is 11.8. The number of carbonyl (C=O) groups excluding carboxylic acids is 1. The van der Waals surface area contributed by atoms with Crippen molar-refractivity contribution in [2.45, 2.75) is 33.3 Å². The van der Waals surface area contributed by atoms with Crippen LogP contribution in [0.4, 0.5) is 5.69 Å². The molecule has 0 fully saturated rings. The number of fused-ring (bicyclic) bond motifs is 1. The highest BCUT2D eigenvalue weighted by Gasteiger charge is 2.08. The van der Waals surface area contributed by atoms with E-state index in [0.29, 0.717) is 0 Å². The van der Waals surface area contributed by atoms with Gasteiger partial charge in [-0.1, -0.05) is 6.92 Å². The van der Waals surface area contributed by atoms with Crippen LogP contribution in [0.25, 0.3) is 11.0 Å². The normalized spacial score (nSPS) is 12.6. The molecule has 0 bridgehead atoms. The van der Waals surface area contributed by atoms with Gasteiger partial charge in [0, 0.05) is 12.7 Å². The van der Waals surface area contributed by atoms with Crippen molar-refractivity contribution in [3.63, 3.8) is 0 Å². The zero-order chi connectivity index (χ0) is 14.7. The van der Waals surface area contributed by atoms with Gasteiger partial charge >= 0.3 is 0 Å². The minimum atomic E-state index is -0.141. The SMILES string of the molecule is CCC(C)OCC(=O)Nc1ccc2c(c1)nc(C)n2C. The van der Waals surface area contributed by atoms with E-state index >= 15 is 0 Å². The molecule has 5 heteroatoms. The van der Waals surface area contributed by atoms with E-state index in [4.69, 9.17) is 4.74 Å². The summed E-state index contributed by atoms with van der Waals surface area (Å²) in [6.07, 6.45) is 0.994. The number of hydrogen-bond donors (Lipinski definition) is 1. The first-order valence-electron chi connectivity index (χ1n) is 6.85. The van der Waals surface area contributed by atoms with Crippen LogP contribution in [0.1, 0.15) is 26.1 Å². The van der Waals surface area contributed by atoms with Crippen molar-refractivity contribution in [2.75, 3.05) is 11.9 Å². The van der Waals surface area contributed by atoms with Crippen LogP contribution in [0.5, 0.6) is 0 Å². The van der Waals surface area contributed by atoms with Gasteiger partial charge in [0.05, 0.1) is 17.1 Å². The van der Waals surface area contributed by atoms with Crippen molar-refractivity contribution in [3.8, 4) is 0 Å². The lowest BCUT2D eigenvalue weighted by Crippen LogP contribution is -2.21. The Hall–Kier alpha value is -1.88. The Balaban J connectivity index is 2.04. The minimum absolute atomic E-state index is 0.0777. The molecular formula is C15H21N3O2. The molecule has 1 unspecified atom stereocenters. The van der Waals surface area contributed by atoms with Crippen LogP contribution in [0.15, 0.2) is 18.2 Å². The predicted molar refractivity (Wildman–Crippen MR) is 79.8 cm³/mol. The van der Waals surface area contributed by atoms with E-state index in [1.54, 1.807) is 0 Å². The quantitative estimate of drug-likeness (QED) is 0.912. The van der Waals surface area contributed by atoms with Crippen LogP contribution in [0.3, 0.4) is 0 Å². The Morgan fingerprint density at radius 3 is 2.95 bits per heavy atom. The van der Waals surface area contributed by atoms with E-state index in [1.165, 1.54) is 0 Å². The maximum Gasteiger partial charge on any atom is 0.250 e. The second-order valence-electron chi connectivity index (χ2n) is 5.00. The second-order valence-corrected chi connectivity index (χ2v) is 5.00. The van der Waals surface area contributed by atoms with Gasteiger partial charge in [0.15, 0.2) is 0 Å². The second kappa shape index (κ2) is 6.05. The number of rotatable bonds is 5. The molecule has 0 saturated carbocycles. The summed E-state index contributed by atoms with van der Waals surface area (Å²) in [5, 5.41) is 2.83. The number of imidazole rings is 1. The van der Waals surface area contributed by atoms with Gasteiger partial charge < -0.3 is 14.6 Å². The Bertz CT molecular complexity index is 619. The molecule has 1 atom stereocenters. The van der Waals surface area contributed by atoms with Gasteiger partial charge in [0.1, 0.15) is 12.4 Å². The fraction of sp³-hybridized carbons (Fsp3) is 0.467. The summed E-state index contributed by atoms with van der Waals surface area (Å²) >= 11 is 0. The number of nitrogens with one attached hydrogen (secondary N) is 1. The third-order valence-corrected chi connectivity index (χ3v) is 3.46. The zero-order valence-electron chi connectivity index (χ0n) is 12.4. The smallest absolute Gasteiger partial charge is 0.250 e. The molecule has 0 radical (unpaired) electrons. The molecule has 1 amide bonds. The number of aryl methyl sites for hydroxylation is 2. The number of aromatic nitrogens is 2. The van der Waals surface area contributed by atoms with E-state index in [2.05, 4.69) is 10.3 Å². The van der Waals surface area contributed by atoms with Gasteiger partial charge in [-0.25, -0.2) is 4.98 Å². The van der Waals surface area contributed by atoms with Crippen LogP contribution in [0, 0.1) is 6.92 Å². The van der Waals surface area contributed by atoms with E-state index in [9.17, 15) is 4.79 Å². The van der Waals surface area contributed by atoms with Crippen LogP contribution in [0.2, 0.25) is 0 Å². The molecule has 20 heavy (non-hydrogen) atoms. The molecule has 0 spiro atoms. The van der Waals surface area contributed by atoms with E-state index in [0.717, 1.165) is 29.0 Å². The number of anilines is 1. The van der Waals surface area contributed by atoms with Crippen molar-refractivity contribution < 1.29 is 9.53 Å². The molecule has 0 aliphatic heterocycles. The molecule has 1 N–H and O–H groups in total. The molecular weight excluding hydrogens is 254 g/mol. The van der Waals surface area contributed by atoms with Crippen LogP contribution >= 0.6 is 0 Å². The number of benzene rings is 1. The first-order chi connectivity index (χ1) is 9.51. The van der Waals surface area contributed by atoms with Gasteiger partial charge in [0.25, 0.3) is 0 Å². The summed E-state index contributed by atoms with van der Waals surface area (Å²) < 4.78 is 7.42. The number of amides is 1. The first kappa shape index (κ1) is 14.5. The fourth-order valence-corrected chi connectivity index (χ4v) is 1.93. The minimum Gasteiger partial charge on any atom is -0.369 e. The highest BCUT2D eigenvalue weighted by Crippen LogP contribution is 2.19. The largest absolute Gasteiger partial charge is 0.369 e. The fourth-order valence-electron chi connectivity index (χ4n) is 1.93. The van der Waals surface area contributed by atoms with E-state index in [-0.39, 0.29) is 18.6 Å². The maximum absolute atomic E-state index is 11.8. The summed E-state index contributed by atoms with van der Waals surface area (Å²) in [5.41, 5.74) is 2.68. The Morgan fingerprint density at radius 2 is 2.25 bits per heavy atom. The Labute approximate surface area is 118 Å². The molecule has 1 heterocycles. The summed E-state index contributed by atoms with van der Waals surface area (Å²) in [4.78, 5) is 16.2. The average Bonchev–Trinajstić information content (AvgIpc) is 2.71. The topological polar surface area (TPSA) is 56.1 Å². The molecule has 2 rings (SSSR count). The van der Waals surface area contributed by atoms with E-state index < -0.39 is 0 Å². The van der Waals surface area contributed by atoms with Gasteiger partial charge in [-0.15, -0.1) is 0 Å². The summed E-state index contributed by atoms with van der Waals surface area (Å²) in [5.74, 6) is 0.806. The van der Waals surface area contributed by atoms with Crippen LogP contribution < -0.4 is 5.32 Å².